The molecular weight excluding hydrogens is 504 g/mol. The van der Waals surface area contributed by atoms with Crippen LogP contribution in [-0.2, 0) is 21.4 Å². The molecule has 3 amide bonds. The molecule has 4 atom stereocenters. The topological polar surface area (TPSA) is 199 Å². The lowest BCUT2D eigenvalue weighted by atomic mass is 9.71. The zero-order chi connectivity index (χ0) is 27.9. The van der Waals surface area contributed by atoms with E-state index in [0.29, 0.717) is 5.56 Å². The lowest BCUT2D eigenvalue weighted by molar-refractivity contribution is -0.230. The third-order valence-electron chi connectivity index (χ3n) is 9.01. The summed E-state index contributed by atoms with van der Waals surface area (Å²) >= 11 is 0. The number of imide groups is 1. The van der Waals surface area contributed by atoms with Gasteiger partial charge in [-0.15, -0.1) is 0 Å². The van der Waals surface area contributed by atoms with E-state index in [4.69, 9.17) is 11.5 Å². The van der Waals surface area contributed by atoms with E-state index in [-0.39, 0.29) is 55.1 Å². The van der Waals surface area contributed by atoms with Gasteiger partial charge in [0.1, 0.15) is 12.1 Å². The summed E-state index contributed by atoms with van der Waals surface area (Å²) in [5.41, 5.74) is 13.1. The van der Waals surface area contributed by atoms with E-state index in [1.807, 2.05) is 12.1 Å². The Bertz CT molecular complexity index is 1320. The van der Waals surface area contributed by atoms with Gasteiger partial charge in [0.2, 0.25) is 17.6 Å². The second-order valence-electron chi connectivity index (χ2n) is 11.7. The molecule has 2 saturated heterocycles. The average Bonchev–Trinajstić information content (AvgIpc) is 3.46. The molecule has 13 nitrogen and oxygen atoms in total. The molecular formula is C26H34N8O5. The van der Waals surface area contributed by atoms with Crippen molar-refractivity contribution in [2.45, 2.75) is 80.9 Å². The lowest BCUT2D eigenvalue weighted by Crippen LogP contribution is -2.78. The Kier molecular flexibility index (Phi) is 5.50. The Labute approximate surface area is 225 Å². The van der Waals surface area contributed by atoms with Crippen LogP contribution < -0.4 is 22.1 Å². The van der Waals surface area contributed by atoms with Gasteiger partial charge in [-0.3, -0.25) is 19.3 Å². The average molecular weight is 539 g/mol. The normalized spacial score (nSPS) is 32.2. The van der Waals surface area contributed by atoms with Crippen molar-refractivity contribution >= 4 is 29.6 Å². The smallest absolute Gasteiger partial charge is 0.252 e. The number of benzene rings is 1. The summed E-state index contributed by atoms with van der Waals surface area (Å²) in [5, 5.41) is 29.1. The molecule has 39 heavy (non-hydrogen) atoms. The summed E-state index contributed by atoms with van der Waals surface area (Å²) in [6, 6.07) is 2.56. The van der Waals surface area contributed by atoms with Crippen LogP contribution in [0.1, 0.15) is 61.0 Å². The molecule has 4 heterocycles. The Morgan fingerprint density at radius 2 is 1.87 bits per heavy atom. The van der Waals surface area contributed by atoms with Crippen LogP contribution in [0.5, 0.6) is 0 Å². The van der Waals surface area contributed by atoms with Crippen molar-refractivity contribution in [2.75, 3.05) is 13.1 Å². The van der Waals surface area contributed by atoms with Gasteiger partial charge >= 0.3 is 0 Å². The number of fused-ring (bicyclic) bond motifs is 1. The summed E-state index contributed by atoms with van der Waals surface area (Å²) in [6.07, 6.45) is 2.94. The van der Waals surface area contributed by atoms with E-state index in [1.165, 1.54) is 4.90 Å². The minimum absolute atomic E-state index is 0.0455. The zero-order valence-corrected chi connectivity index (χ0v) is 22.0. The van der Waals surface area contributed by atoms with Gasteiger partial charge in [-0.05, 0) is 41.9 Å². The molecule has 0 bridgehead atoms. The van der Waals surface area contributed by atoms with Crippen molar-refractivity contribution in [1.82, 2.24) is 20.4 Å². The number of guanidine groups is 2. The van der Waals surface area contributed by atoms with Crippen LogP contribution >= 0.6 is 0 Å². The standard InChI is InChI=1S/C26H34N8O5/c1-24(2)10-4-6-13-14(5-3-7-15(13)24)21(37)30-17-12-34-23(28)29-16(11-33-18(35)8-9-19(33)36)20-25(34,26(17,38)39)32-22(27)31-20/h3,5,7,16-17,20,38-39H,4,6,8-12H2,1-2H3,(H2,28,29)(H,30,37)(H3,27,31,32)/t16-,17?,20-,25-/m0/s1. The van der Waals surface area contributed by atoms with Crippen molar-refractivity contribution in [3.63, 3.8) is 0 Å². The van der Waals surface area contributed by atoms with Gasteiger partial charge in [-0.2, -0.15) is 0 Å². The van der Waals surface area contributed by atoms with E-state index >= 15 is 0 Å². The fourth-order valence-electron chi connectivity index (χ4n) is 7.03. The highest BCUT2D eigenvalue weighted by molar-refractivity contribution is 6.02. The Morgan fingerprint density at radius 1 is 1.15 bits per heavy atom. The highest BCUT2D eigenvalue weighted by atomic mass is 16.5. The third-order valence-corrected chi connectivity index (χ3v) is 9.01. The molecule has 2 fully saturated rings. The number of hydrogen-bond acceptors (Lipinski definition) is 11. The maximum atomic E-state index is 13.6. The fourth-order valence-corrected chi connectivity index (χ4v) is 7.03. The second kappa shape index (κ2) is 8.39. The van der Waals surface area contributed by atoms with Crippen molar-refractivity contribution in [1.29, 1.82) is 0 Å². The summed E-state index contributed by atoms with van der Waals surface area (Å²) in [4.78, 5) is 49.6. The number of aliphatic hydroxyl groups is 2. The molecule has 1 spiro atoms. The van der Waals surface area contributed by atoms with Crippen LogP contribution in [0.2, 0.25) is 0 Å². The minimum Gasteiger partial charge on any atom is -0.370 e. The second-order valence-corrected chi connectivity index (χ2v) is 11.7. The number of nitrogens with zero attached hydrogens (tertiary/aromatic N) is 4. The number of aliphatic imine (C=N–C) groups is 2. The van der Waals surface area contributed by atoms with Gasteiger partial charge in [-0.25, -0.2) is 9.98 Å². The Hall–Kier alpha value is -3.71. The molecule has 8 N–H and O–H groups in total. The highest BCUT2D eigenvalue weighted by Crippen LogP contribution is 2.45. The van der Waals surface area contributed by atoms with Crippen LogP contribution in [0.4, 0.5) is 0 Å². The van der Waals surface area contributed by atoms with Gasteiger partial charge in [0, 0.05) is 24.9 Å². The predicted octanol–water partition coefficient (Wildman–Crippen LogP) is -1.78. The molecule has 0 radical (unpaired) electrons. The van der Waals surface area contributed by atoms with E-state index in [9.17, 15) is 24.6 Å². The van der Waals surface area contributed by atoms with Crippen molar-refractivity contribution in [3.05, 3.63) is 34.9 Å². The summed E-state index contributed by atoms with van der Waals surface area (Å²) < 4.78 is 0. The fraction of sp³-hybridized carbons (Fsp3) is 0.577. The van der Waals surface area contributed by atoms with Crippen molar-refractivity contribution < 1.29 is 24.6 Å². The van der Waals surface area contributed by atoms with Crippen LogP contribution in [0, 0.1) is 0 Å². The van der Waals surface area contributed by atoms with Gasteiger partial charge < -0.3 is 37.2 Å². The largest absolute Gasteiger partial charge is 0.370 e. The molecule has 1 aliphatic carbocycles. The van der Waals surface area contributed by atoms with Crippen molar-refractivity contribution in [2.24, 2.45) is 21.5 Å². The summed E-state index contributed by atoms with van der Waals surface area (Å²) in [7, 11) is 0. The molecule has 1 aromatic carbocycles. The number of nitrogens with two attached hydrogens (primary N) is 2. The molecule has 13 heteroatoms. The number of rotatable bonds is 4. The van der Waals surface area contributed by atoms with Crippen LogP contribution in [-0.4, -0.2) is 92.3 Å². The number of carbonyl (C=O) groups is 3. The quantitative estimate of drug-likeness (QED) is 0.190. The molecule has 6 rings (SSSR count). The third kappa shape index (κ3) is 3.55. The van der Waals surface area contributed by atoms with Gasteiger partial charge in [-0.1, -0.05) is 26.0 Å². The van der Waals surface area contributed by atoms with Gasteiger partial charge in [0.05, 0.1) is 12.6 Å². The van der Waals surface area contributed by atoms with Crippen LogP contribution in [0.3, 0.4) is 0 Å². The van der Waals surface area contributed by atoms with Crippen molar-refractivity contribution in [3.8, 4) is 0 Å². The number of nitrogens with one attached hydrogen (secondary N) is 2. The van der Waals surface area contributed by atoms with E-state index in [0.717, 1.165) is 35.3 Å². The maximum Gasteiger partial charge on any atom is 0.252 e. The first-order valence-corrected chi connectivity index (χ1v) is 13.3. The number of carbonyl (C=O) groups excluding carboxylic acids is 3. The van der Waals surface area contributed by atoms with E-state index in [2.05, 4.69) is 34.5 Å². The molecule has 4 aliphatic heterocycles. The number of amides is 3. The molecule has 0 saturated carbocycles. The number of likely N-dealkylation sites (tertiary alicyclic amines) is 1. The van der Waals surface area contributed by atoms with Gasteiger partial charge in [0.15, 0.2) is 17.6 Å². The predicted molar refractivity (Wildman–Crippen MR) is 140 cm³/mol. The molecule has 1 aromatic rings. The lowest BCUT2D eigenvalue weighted by Gasteiger charge is -2.49. The SMILES string of the molecule is CC1(C)CCCc2c(C(=O)NC3CN4C(N)=N[C@@H](CN5C(=O)CCC5=O)[C@@H]5N=C(N)N[C@@]54C3(O)O)cccc21. The molecule has 0 aromatic heterocycles. The highest BCUT2D eigenvalue weighted by Gasteiger charge is 2.73. The first-order chi connectivity index (χ1) is 18.4. The zero-order valence-electron chi connectivity index (χ0n) is 22.0. The summed E-state index contributed by atoms with van der Waals surface area (Å²) in [5.74, 6) is -3.82. The minimum atomic E-state index is -2.61. The molecule has 1 unspecified atom stereocenters. The summed E-state index contributed by atoms with van der Waals surface area (Å²) in [6.45, 7) is 4.10. The van der Waals surface area contributed by atoms with Gasteiger partial charge in [0.25, 0.3) is 5.91 Å². The first-order valence-electron chi connectivity index (χ1n) is 13.3. The number of hydrogen-bond donors (Lipinski definition) is 6. The Balaban J connectivity index is 1.32. The van der Waals surface area contributed by atoms with E-state index < -0.39 is 35.5 Å². The molecule has 208 valence electrons. The maximum absolute atomic E-state index is 13.6. The molecule has 5 aliphatic rings. The van der Waals surface area contributed by atoms with E-state index in [1.54, 1.807) is 6.07 Å². The van der Waals surface area contributed by atoms with Crippen LogP contribution in [0.15, 0.2) is 28.2 Å². The first kappa shape index (κ1) is 25.6. The van der Waals surface area contributed by atoms with Crippen LogP contribution in [0.25, 0.3) is 0 Å². The monoisotopic (exact) mass is 538 g/mol. The Morgan fingerprint density at radius 3 is 2.59 bits per heavy atom.